The molecule has 1 aliphatic heterocycles. The predicted octanol–water partition coefficient (Wildman–Crippen LogP) is 3.21. The summed E-state index contributed by atoms with van der Waals surface area (Å²) in [6.45, 7) is 5.98. The van der Waals surface area contributed by atoms with Crippen LogP contribution < -0.4 is 5.43 Å². The summed E-state index contributed by atoms with van der Waals surface area (Å²) in [7, 11) is 0. The van der Waals surface area contributed by atoms with E-state index in [9.17, 15) is 13.6 Å². The van der Waals surface area contributed by atoms with Gasteiger partial charge in [-0.1, -0.05) is 13.8 Å². The van der Waals surface area contributed by atoms with E-state index in [-0.39, 0.29) is 22.5 Å². The summed E-state index contributed by atoms with van der Waals surface area (Å²) in [5, 5.41) is 2.09. The molecule has 3 rings (SSSR count). The Morgan fingerprint density at radius 1 is 1.23 bits per heavy atom. The Kier molecular flexibility index (Phi) is 3.64. The molecule has 6 heteroatoms. The third-order valence-corrected chi connectivity index (χ3v) is 4.27. The number of fused-ring (bicyclic) bond motifs is 1. The van der Waals surface area contributed by atoms with Gasteiger partial charge in [-0.2, -0.15) is 0 Å². The monoisotopic (exact) mass is 307 g/mol. The fourth-order valence-corrected chi connectivity index (χ4v) is 2.71. The number of amides is 1. The molecule has 0 saturated carbocycles. The van der Waals surface area contributed by atoms with Gasteiger partial charge in [0, 0.05) is 24.5 Å². The number of hydrogen-bond donors (Lipinski definition) is 2. The summed E-state index contributed by atoms with van der Waals surface area (Å²) >= 11 is 0. The largest absolute Gasteiger partial charge is 0.350 e. The van der Waals surface area contributed by atoms with Crippen molar-refractivity contribution >= 4 is 16.8 Å². The maximum Gasteiger partial charge on any atom is 0.282 e. The lowest BCUT2D eigenvalue weighted by molar-refractivity contribution is 0.0599. The van der Waals surface area contributed by atoms with E-state index < -0.39 is 11.6 Å². The van der Waals surface area contributed by atoms with Gasteiger partial charge in [-0.05, 0) is 30.4 Å². The van der Waals surface area contributed by atoms with Gasteiger partial charge < -0.3 is 4.98 Å². The predicted molar refractivity (Wildman–Crippen MR) is 80.3 cm³/mol. The molecule has 2 aromatic rings. The summed E-state index contributed by atoms with van der Waals surface area (Å²) in [6.07, 6.45) is 2.00. The van der Waals surface area contributed by atoms with Crippen LogP contribution in [-0.2, 0) is 0 Å². The van der Waals surface area contributed by atoms with Gasteiger partial charge in [0.2, 0.25) is 0 Å². The standard InChI is InChI=1S/C16H19F2N3O/c1-16(2)3-5-21(6-4-16)20-15(22)14-9-11-12(18)7-10(17)8-13(11)19-14/h7-9,19H,3-6H2,1-2H3,(H,20,22). The van der Waals surface area contributed by atoms with Crippen molar-refractivity contribution in [1.82, 2.24) is 15.4 Å². The Balaban J connectivity index is 1.74. The first-order valence-corrected chi connectivity index (χ1v) is 7.38. The first-order valence-electron chi connectivity index (χ1n) is 7.38. The second kappa shape index (κ2) is 5.35. The zero-order chi connectivity index (χ0) is 15.9. The molecular formula is C16H19F2N3O. The molecule has 0 unspecified atom stereocenters. The Morgan fingerprint density at radius 3 is 2.59 bits per heavy atom. The van der Waals surface area contributed by atoms with E-state index in [4.69, 9.17) is 0 Å². The van der Waals surface area contributed by atoms with Crippen molar-refractivity contribution in [2.24, 2.45) is 5.41 Å². The quantitative estimate of drug-likeness (QED) is 0.895. The van der Waals surface area contributed by atoms with E-state index >= 15 is 0 Å². The maximum atomic E-state index is 13.7. The van der Waals surface area contributed by atoms with Crippen molar-refractivity contribution < 1.29 is 13.6 Å². The molecule has 4 nitrogen and oxygen atoms in total. The minimum atomic E-state index is -0.676. The first-order chi connectivity index (χ1) is 10.3. The van der Waals surface area contributed by atoms with E-state index in [0.717, 1.165) is 32.0 Å². The van der Waals surface area contributed by atoms with E-state index in [0.29, 0.717) is 5.41 Å². The molecule has 1 amide bonds. The third kappa shape index (κ3) is 2.97. The van der Waals surface area contributed by atoms with E-state index in [1.165, 1.54) is 12.1 Å². The molecule has 0 radical (unpaired) electrons. The van der Waals surface area contributed by atoms with Crippen LogP contribution in [-0.4, -0.2) is 29.0 Å². The molecular weight excluding hydrogens is 288 g/mol. The van der Waals surface area contributed by atoms with Gasteiger partial charge >= 0.3 is 0 Å². The van der Waals surface area contributed by atoms with Crippen LogP contribution in [0, 0.1) is 17.0 Å². The highest BCUT2D eigenvalue weighted by Gasteiger charge is 2.26. The minimum absolute atomic E-state index is 0.214. The molecule has 1 fully saturated rings. The van der Waals surface area contributed by atoms with Gasteiger partial charge in [-0.25, -0.2) is 13.8 Å². The number of H-pyrrole nitrogens is 1. The summed E-state index contributed by atoms with van der Waals surface area (Å²) in [6, 6.07) is 3.40. The molecule has 1 aromatic carbocycles. The highest BCUT2D eigenvalue weighted by atomic mass is 19.1. The fourth-order valence-electron chi connectivity index (χ4n) is 2.71. The second-order valence-electron chi connectivity index (χ2n) is 6.62. The lowest BCUT2D eigenvalue weighted by atomic mass is 9.83. The number of piperidine rings is 1. The van der Waals surface area contributed by atoms with E-state index in [1.807, 2.05) is 5.01 Å². The average molecular weight is 307 g/mol. The van der Waals surface area contributed by atoms with Crippen molar-refractivity contribution in [3.63, 3.8) is 0 Å². The zero-order valence-electron chi connectivity index (χ0n) is 12.7. The number of nitrogens with zero attached hydrogens (tertiary/aromatic N) is 1. The third-order valence-electron chi connectivity index (χ3n) is 4.27. The van der Waals surface area contributed by atoms with Crippen LogP contribution >= 0.6 is 0 Å². The van der Waals surface area contributed by atoms with Gasteiger partial charge in [0.15, 0.2) is 0 Å². The number of hydrogen-bond acceptors (Lipinski definition) is 2. The van der Waals surface area contributed by atoms with Crippen LogP contribution in [0.3, 0.4) is 0 Å². The molecule has 22 heavy (non-hydrogen) atoms. The van der Waals surface area contributed by atoms with Crippen molar-refractivity contribution in [3.8, 4) is 0 Å². The van der Waals surface area contributed by atoms with Crippen molar-refractivity contribution in [2.75, 3.05) is 13.1 Å². The number of benzene rings is 1. The molecule has 0 atom stereocenters. The average Bonchev–Trinajstić information content (AvgIpc) is 2.85. The normalized spacial score (nSPS) is 18.5. The highest BCUT2D eigenvalue weighted by molar-refractivity contribution is 5.97. The summed E-state index contributed by atoms with van der Waals surface area (Å²) in [5.74, 6) is -1.68. The lowest BCUT2D eigenvalue weighted by Crippen LogP contribution is -2.48. The number of rotatable bonds is 2. The van der Waals surface area contributed by atoms with Gasteiger partial charge in [0.05, 0.1) is 5.52 Å². The highest BCUT2D eigenvalue weighted by Crippen LogP contribution is 2.29. The number of carbonyl (C=O) groups excluding carboxylic acids is 1. The molecule has 1 aromatic heterocycles. The number of carbonyl (C=O) groups is 1. The Hall–Kier alpha value is -1.95. The van der Waals surface area contributed by atoms with Crippen molar-refractivity contribution in [2.45, 2.75) is 26.7 Å². The zero-order valence-corrected chi connectivity index (χ0v) is 12.7. The number of aromatic amines is 1. The molecule has 2 N–H and O–H groups in total. The van der Waals surface area contributed by atoms with Crippen LogP contribution in [0.25, 0.3) is 10.9 Å². The van der Waals surface area contributed by atoms with Crippen LogP contribution in [0.1, 0.15) is 37.2 Å². The van der Waals surface area contributed by atoms with Crippen LogP contribution in [0.4, 0.5) is 8.78 Å². The Bertz CT molecular complexity index is 713. The number of hydrazine groups is 1. The number of halogens is 2. The molecule has 0 aliphatic carbocycles. The van der Waals surface area contributed by atoms with E-state index in [1.54, 1.807) is 0 Å². The first kappa shape index (κ1) is 15.0. The van der Waals surface area contributed by atoms with Gasteiger partial charge in [-0.3, -0.25) is 10.2 Å². The summed E-state index contributed by atoms with van der Waals surface area (Å²) in [4.78, 5) is 15.0. The SMILES string of the molecule is CC1(C)CCN(NC(=O)c2cc3c(F)cc(F)cc3[nH]2)CC1. The topological polar surface area (TPSA) is 48.1 Å². The molecule has 118 valence electrons. The van der Waals surface area contributed by atoms with Crippen LogP contribution in [0.15, 0.2) is 18.2 Å². The van der Waals surface area contributed by atoms with E-state index in [2.05, 4.69) is 24.3 Å². The number of nitrogens with one attached hydrogen (secondary N) is 2. The maximum absolute atomic E-state index is 13.7. The fraction of sp³-hybridized carbons (Fsp3) is 0.438. The molecule has 1 saturated heterocycles. The van der Waals surface area contributed by atoms with Crippen molar-refractivity contribution in [3.05, 3.63) is 35.5 Å². The van der Waals surface area contributed by atoms with Gasteiger partial charge in [0.1, 0.15) is 17.3 Å². The van der Waals surface area contributed by atoms with Crippen molar-refractivity contribution in [1.29, 1.82) is 0 Å². The molecule has 0 spiro atoms. The molecule has 2 heterocycles. The number of aromatic nitrogens is 1. The molecule has 0 bridgehead atoms. The minimum Gasteiger partial charge on any atom is -0.350 e. The second-order valence-corrected chi connectivity index (χ2v) is 6.62. The Morgan fingerprint density at radius 2 is 1.91 bits per heavy atom. The summed E-state index contributed by atoms with van der Waals surface area (Å²) in [5.41, 5.74) is 3.62. The smallest absolute Gasteiger partial charge is 0.282 e. The van der Waals surface area contributed by atoms with Gasteiger partial charge in [0.25, 0.3) is 5.91 Å². The van der Waals surface area contributed by atoms with Gasteiger partial charge in [-0.15, -0.1) is 0 Å². The summed E-state index contributed by atoms with van der Waals surface area (Å²) < 4.78 is 26.9. The Labute approximate surface area is 127 Å². The lowest BCUT2D eigenvalue weighted by Gasteiger charge is -2.36. The van der Waals surface area contributed by atoms with Crippen LogP contribution in [0.5, 0.6) is 0 Å². The van der Waals surface area contributed by atoms with Crippen LogP contribution in [0.2, 0.25) is 0 Å². The molecule has 1 aliphatic rings.